The smallest absolute Gasteiger partial charge is 0.248 e. The fourth-order valence-corrected chi connectivity index (χ4v) is 3.02. The van der Waals surface area contributed by atoms with Crippen molar-refractivity contribution in [2.24, 2.45) is 11.5 Å². The first-order valence-corrected chi connectivity index (χ1v) is 8.80. The summed E-state index contributed by atoms with van der Waals surface area (Å²) >= 11 is 0. The number of anilines is 2. The van der Waals surface area contributed by atoms with Gasteiger partial charge in [0.05, 0.1) is 11.4 Å². The fourth-order valence-electron chi connectivity index (χ4n) is 3.02. The molecule has 0 unspecified atom stereocenters. The van der Waals surface area contributed by atoms with Crippen LogP contribution < -0.4 is 21.7 Å². The van der Waals surface area contributed by atoms with Crippen LogP contribution >= 0.6 is 12.4 Å². The van der Waals surface area contributed by atoms with Crippen LogP contribution in [0, 0.1) is 0 Å². The molecule has 0 atom stereocenters. The summed E-state index contributed by atoms with van der Waals surface area (Å²) in [6.07, 6.45) is 6.68. The van der Waals surface area contributed by atoms with Gasteiger partial charge in [0.1, 0.15) is 0 Å². The summed E-state index contributed by atoms with van der Waals surface area (Å²) in [6.45, 7) is 2.64. The molecule has 1 aliphatic heterocycles. The second-order valence-electron chi connectivity index (χ2n) is 6.29. The maximum Gasteiger partial charge on any atom is 0.248 e. The number of nitrogens with zero attached hydrogens (tertiary/aromatic N) is 1. The van der Waals surface area contributed by atoms with Crippen molar-refractivity contribution >= 4 is 35.6 Å². The lowest BCUT2D eigenvalue weighted by Crippen LogP contribution is -2.22. The maximum absolute atomic E-state index is 12.2. The van der Waals surface area contributed by atoms with Gasteiger partial charge in [0.15, 0.2) is 0 Å². The van der Waals surface area contributed by atoms with E-state index in [0.717, 1.165) is 57.3 Å². The highest BCUT2D eigenvalue weighted by Gasteiger charge is 2.18. The molecule has 2 rings (SSSR count). The van der Waals surface area contributed by atoms with Crippen molar-refractivity contribution in [1.82, 2.24) is 0 Å². The van der Waals surface area contributed by atoms with Crippen molar-refractivity contribution in [3.05, 3.63) is 23.8 Å². The lowest BCUT2D eigenvalue weighted by Gasteiger charge is -2.22. The third kappa shape index (κ3) is 6.55. The SMILES string of the molecule is Cl.NCCCCCCC(=O)Nc1cc(C(N)=O)ccc1N1CCCC1. The van der Waals surface area contributed by atoms with Gasteiger partial charge in [0.25, 0.3) is 0 Å². The Hall–Kier alpha value is -1.79. The molecule has 2 amide bonds. The van der Waals surface area contributed by atoms with Crippen LogP contribution in [-0.2, 0) is 4.79 Å². The predicted molar refractivity (Wildman–Crippen MR) is 104 cm³/mol. The topological polar surface area (TPSA) is 101 Å². The second-order valence-corrected chi connectivity index (χ2v) is 6.29. The monoisotopic (exact) mass is 368 g/mol. The molecular weight excluding hydrogens is 340 g/mol. The minimum Gasteiger partial charge on any atom is -0.370 e. The van der Waals surface area contributed by atoms with Crippen molar-refractivity contribution < 1.29 is 9.59 Å². The van der Waals surface area contributed by atoms with Crippen molar-refractivity contribution in [3.63, 3.8) is 0 Å². The summed E-state index contributed by atoms with van der Waals surface area (Å²) < 4.78 is 0. The van der Waals surface area contributed by atoms with E-state index in [9.17, 15) is 9.59 Å². The number of primary amides is 1. The third-order valence-electron chi connectivity index (χ3n) is 4.36. The summed E-state index contributed by atoms with van der Waals surface area (Å²) in [5.41, 5.74) is 12.9. The summed E-state index contributed by atoms with van der Waals surface area (Å²) in [4.78, 5) is 25.9. The van der Waals surface area contributed by atoms with Gasteiger partial charge in [0, 0.05) is 25.1 Å². The molecule has 0 spiro atoms. The van der Waals surface area contributed by atoms with Crippen LogP contribution in [0.4, 0.5) is 11.4 Å². The van der Waals surface area contributed by atoms with Gasteiger partial charge in [-0.1, -0.05) is 12.8 Å². The first kappa shape index (κ1) is 21.3. The molecule has 1 aromatic rings. The number of amides is 2. The predicted octanol–water partition coefficient (Wildman–Crippen LogP) is 2.66. The Morgan fingerprint density at radius 1 is 1.08 bits per heavy atom. The van der Waals surface area contributed by atoms with E-state index >= 15 is 0 Å². The number of hydrogen-bond acceptors (Lipinski definition) is 4. The van der Waals surface area contributed by atoms with Gasteiger partial charge in [-0.2, -0.15) is 0 Å². The number of carbonyl (C=O) groups is 2. The molecule has 1 heterocycles. The molecule has 140 valence electrons. The first-order valence-electron chi connectivity index (χ1n) is 8.80. The normalized spacial score (nSPS) is 13.4. The molecule has 1 aliphatic rings. The van der Waals surface area contributed by atoms with E-state index in [4.69, 9.17) is 11.5 Å². The molecule has 7 heteroatoms. The van der Waals surface area contributed by atoms with Crippen molar-refractivity contribution in [2.45, 2.75) is 44.9 Å². The highest BCUT2D eigenvalue weighted by molar-refractivity contribution is 5.99. The molecule has 1 aromatic carbocycles. The minimum absolute atomic E-state index is 0. The average Bonchev–Trinajstić information content (AvgIpc) is 3.08. The van der Waals surface area contributed by atoms with E-state index in [2.05, 4.69) is 10.2 Å². The number of halogens is 1. The van der Waals surface area contributed by atoms with Gasteiger partial charge >= 0.3 is 0 Å². The largest absolute Gasteiger partial charge is 0.370 e. The average molecular weight is 369 g/mol. The number of carbonyl (C=O) groups excluding carboxylic acids is 2. The number of unbranched alkanes of at least 4 members (excludes halogenated alkanes) is 3. The molecule has 1 fully saturated rings. The lowest BCUT2D eigenvalue weighted by molar-refractivity contribution is -0.116. The zero-order chi connectivity index (χ0) is 17.4. The highest BCUT2D eigenvalue weighted by Crippen LogP contribution is 2.30. The van der Waals surface area contributed by atoms with Crippen molar-refractivity contribution in [3.8, 4) is 0 Å². The van der Waals surface area contributed by atoms with Crippen LogP contribution in [-0.4, -0.2) is 31.4 Å². The Labute approximate surface area is 155 Å². The summed E-state index contributed by atoms with van der Waals surface area (Å²) in [5.74, 6) is -0.509. The zero-order valence-corrected chi connectivity index (χ0v) is 15.4. The Kier molecular flexibility index (Phi) is 9.31. The van der Waals surface area contributed by atoms with Gasteiger partial charge < -0.3 is 21.7 Å². The summed E-state index contributed by atoms with van der Waals surface area (Å²) in [6, 6.07) is 5.28. The molecule has 1 saturated heterocycles. The maximum atomic E-state index is 12.2. The van der Waals surface area contributed by atoms with Gasteiger partial charge in [-0.3, -0.25) is 9.59 Å². The number of nitrogens with two attached hydrogens (primary N) is 2. The van der Waals surface area contributed by atoms with E-state index in [1.54, 1.807) is 12.1 Å². The quantitative estimate of drug-likeness (QED) is 0.583. The molecule has 0 bridgehead atoms. The van der Waals surface area contributed by atoms with E-state index in [1.807, 2.05) is 6.07 Å². The van der Waals surface area contributed by atoms with Gasteiger partial charge in [-0.15, -0.1) is 12.4 Å². The molecule has 0 saturated carbocycles. The lowest BCUT2D eigenvalue weighted by atomic mass is 10.1. The van der Waals surface area contributed by atoms with Crippen LogP contribution in [0.5, 0.6) is 0 Å². The van der Waals surface area contributed by atoms with Gasteiger partial charge in [0.2, 0.25) is 11.8 Å². The Morgan fingerprint density at radius 2 is 1.76 bits per heavy atom. The van der Waals surface area contributed by atoms with E-state index < -0.39 is 5.91 Å². The van der Waals surface area contributed by atoms with Crippen molar-refractivity contribution in [1.29, 1.82) is 0 Å². The zero-order valence-electron chi connectivity index (χ0n) is 14.6. The first-order chi connectivity index (χ1) is 11.6. The number of rotatable bonds is 9. The number of nitrogens with one attached hydrogen (secondary N) is 1. The third-order valence-corrected chi connectivity index (χ3v) is 4.36. The molecule has 25 heavy (non-hydrogen) atoms. The van der Waals surface area contributed by atoms with Crippen LogP contribution in [0.1, 0.15) is 55.3 Å². The Balaban J connectivity index is 0.00000312. The minimum atomic E-state index is -0.486. The van der Waals surface area contributed by atoms with Gasteiger partial charge in [-0.05, 0) is 50.4 Å². The van der Waals surface area contributed by atoms with Gasteiger partial charge in [-0.25, -0.2) is 0 Å². The summed E-state index contributed by atoms with van der Waals surface area (Å²) in [7, 11) is 0. The standard InChI is InChI=1S/C18H28N4O2.ClH/c19-10-4-2-1-3-7-17(23)21-15-13-14(18(20)24)8-9-16(15)22-11-5-6-12-22;/h8-9,13H,1-7,10-12,19H2,(H2,20,24)(H,21,23);1H. The fraction of sp³-hybridized carbons (Fsp3) is 0.556. The van der Waals surface area contributed by atoms with Crippen LogP contribution in [0.3, 0.4) is 0 Å². The van der Waals surface area contributed by atoms with E-state index in [1.165, 1.54) is 0 Å². The number of hydrogen-bond donors (Lipinski definition) is 3. The van der Waals surface area contributed by atoms with E-state index in [0.29, 0.717) is 24.2 Å². The molecule has 5 N–H and O–H groups in total. The van der Waals surface area contributed by atoms with E-state index in [-0.39, 0.29) is 18.3 Å². The Morgan fingerprint density at radius 3 is 2.40 bits per heavy atom. The van der Waals surface area contributed by atoms with Crippen LogP contribution in [0.15, 0.2) is 18.2 Å². The van der Waals surface area contributed by atoms with Crippen molar-refractivity contribution in [2.75, 3.05) is 29.9 Å². The highest BCUT2D eigenvalue weighted by atomic mass is 35.5. The molecule has 0 aliphatic carbocycles. The Bertz CT molecular complexity index is 574. The van der Waals surface area contributed by atoms with Crippen LogP contribution in [0.2, 0.25) is 0 Å². The number of benzene rings is 1. The molecule has 0 aromatic heterocycles. The summed E-state index contributed by atoms with van der Waals surface area (Å²) in [5, 5.41) is 2.96. The molecular formula is C18H29ClN4O2. The van der Waals surface area contributed by atoms with Crippen LogP contribution in [0.25, 0.3) is 0 Å². The molecule has 6 nitrogen and oxygen atoms in total. The second kappa shape index (κ2) is 10.9. The molecule has 0 radical (unpaired) electrons.